The number of hydrogen-bond acceptors (Lipinski definition) is 4. The van der Waals surface area contributed by atoms with Crippen molar-refractivity contribution in [3.05, 3.63) is 22.4 Å². The van der Waals surface area contributed by atoms with Crippen LogP contribution in [-0.2, 0) is 11.8 Å². The van der Waals surface area contributed by atoms with Gasteiger partial charge in [-0.25, -0.2) is 0 Å². The van der Waals surface area contributed by atoms with E-state index in [4.69, 9.17) is 0 Å². The molecule has 2 aliphatic heterocycles. The van der Waals surface area contributed by atoms with Crippen LogP contribution < -0.4 is 0 Å². The number of aliphatic imine (C=N–C) groups is 1. The quantitative estimate of drug-likeness (QED) is 0.787. The molecule has 6 heteroatoms. The van der Waals surface area contributed by atoms with Crippen LogP contribution in [0.3, 0.4) is 0 Å². The third-order valence-electron chi connectivity index (χ3n) is 3.96. The fourth-order valence-electron chi connectivity index (χ4n) is 2.84. The molecule has 2 aliphatic rings. The van der Waals surface area contributed by atoms with Crippen LogP contribution in [0, 0.1) is 0 Å². The molecule has 0 saturated carbocycles. The molecule has 0 aliphatic carbocycles. The Kier molecular flexibility index (Phi) is 4.38. The topological polar surface area (TPSA) is 50.5 Å². The van der Waals surface area contributed by atoms with E-state index in [1.54, 1.807) is 4.68 Å². The van der Waals surface area contributed by atoms with E-state index in [0.29, 0.717) is 10.8 Å². The number of amides is 1. The summed E-state index contributed by atoms with van der Waals surface area (Å²) in [5.74, 6) is 0.209. The predicted octanol–water partition coefficient (Wildman–Crippen LogP) is 3.00. The normalized spacial score (nSPS) is 21.1. The van der Waals surface area contributed by atoms with Crippen LogP contribution in [0.15, 0.2) is 16.1 Å². The van der Waals surface area contributed by atoms with Crippen molar-refractivity contribution in [3.63, 3.8) is 0 Å². The number of thioether (sulfide) groups is 1. The molecule has 1 aromatic heterocycles. The maximum Gasteiger partial charge on any atom is 0.286 e. The van der Waals surface area contributed by atoms with Crippen molar-refractivity contribution in [2.75, 3.05) is 13.1 Å². The molecule has 0 atom stereocenters. The fraction of sp³-hybridized carbons (Fsp3) is 0.562. The highest BCUT2D eigenvalue weighted by Crippen LogP contribution is 2.32. The lowest BCUT2D eigenvalue weighted by Crippen LogP contribution is -2.33. The van der Waals surface area contributed by atoms with Crippen molar-refractivity contribution in [1.29, 1.82) is 0 Å². The summed E-state index contributed by atoms with van der Waals surface area (Å²) in [6.07, 6.45) is 7.56. The van der Waals surface area contributed by atoms with Crippen LogP contribution in [0.5, 0.6) is 0 Å². The summed E-state index contributed by atoms with van der Waals surface area (Å²) in [5.41, 5.74) is 2.04. The van der Waals surface area contributed by atoms with Crippen LogP contribution in [0.2, 0.25) is 0 Å². The molecule has 0 aromatic carbocycles. The monoisotopic (exact) mass is 318 g/mol. The molecule has 1 fully saturated rings. The molecule has 0 unspecified atom stereocenters. The number of carbonyl (C=O) groups is 1. The standard InChI is InChI=1S/C16H22N4OS/c1-11(2)14-12(10-19(3)18-14)9-13-15(21)17-16(22-13)20-7-5-4-6-8-20/h9-11H,4-8H2,1-3H3. The highest BCUT2D eigenvalue weighted by molar-refractivity contribution is 8.18. The van der Waals surface area contributed by atoms with Crippen molar-refractivity contribution >= 4 is 28.9 Å². The number of carbonyl (C=O) groups excluding carboxylic acids is 1. The maximum atomic E-state index is 12.2. The lowest BCUT2D eigenvalue weighted by molar-refractivity contribution is -0.113. The third kappa shape index (κ3) is 3.11. The SMILES string of the molecule is CC(C)c1nn(C)cc1C=C1SC(N2CCCCC2)=NC1=O. The molecule has 3 rings (SSSR count). The number of rotatable bonds is 2. The summed E-state index contributed by atoms with van der Waals surface area (Å²) < 4.78 is 1.80. The summed E-state index contributed by atoms with van der Waals surface area (Å²) in [6, 6.07) is 0. The van der Waals surface area contributed by atoms with Gasteiger partial charge in [0.25, 0.3) is 5.91 Å². The van der Waals surface area contributed by atoms with Gasteiger partial charge in [-0.2, -0.15) is 10.1 Å². The van der Waals surface area contributed by atoms with Crippen molar-refractivity contribution in [2.45, 2.75) is 39.0 Å². The molecule has 1 amide bonds. The fourth-order valence-corrected chi connectivity index (χ4v) is 3.80. The molecule has 0 N–H and O–H groups in total. The van der Waals surface area contributed by atoms with Gasteiger partial charge in [-0.1, -0.05) is 13.8 Å². The number of nitrogens with zero attached hydrogens (tertiary/aromatic N) is 4. The van der Waals surface area contributed by atoms with Crippen molar-refractivity contribution in [2.24, 2.45) is 12.0 Å². The second-order valence-electron chi connectivity index (χ2n) is 6.16. The molecule has 1 aromatic rings. The molecule has 0 bridgehead atoms. The van der Waals surface area contributed by atoms with Crippen LogP contribution in [0.4, 0.5) is 0 Å². The van der Waals surface area contributed by atoms with E-state index in [1.807, 2.05) is 19.3 Å². The number of piperidine rings is 1. The zero-order chi connectivity index (χ0) is 15.7. The molecule has 1 saturated heterocycles. The van der Waals surface area contributed by atoms with E-state index in [-0.39, 0.29) is 5.91 Å². The third-order valence-corrected chi connectivity index (χ3v) is 5.00. The van der Waals surface area contributed by atoms with Crippen molar-refractivity contribution in [3.8, 4) is 0 Å². The van der Waals surface area contributed by atoms with Gasteiger partial charge in [-0.05, 0) is 43.0 Å². The van der Waals surface area contributed by atoms with E-state index in [9.17, 15) is 4.79 Å². The number of hydrogen-bond donors (Lipinski definition) is 0. The Morgan fingerprint density at radius 2 is 2.00 bits per heavy atom. The molecule has 3 heterocycles. The van der Waals surface area contributed by atoms with Gasteiger partial charge in [0.05, 0.1) is 10.6 Å². The number of aryl methyl sites for hydroxylation is 1. The second-order valence-corrected chi connectivity index (χ2v) is 7.17. The Bertz CT molecular complexity index is 639. The van der Waals surface area contributed by atoms with E-state index >= 15 is 0 Å². The predicted molar refractivity (Wildman–Crippen MR) is 90.7 cm³/mol. The largest absolute Gasteiger partial charge is 0.351 e. The molecule has 22 heavy (non-hydrogen) atoms. The number of amidine groups is 1. The minimum Gasteiger partial charge on any atom is -0.351 e. The van der Waals surface area contributed by atoms with Crippen LogP contribution in [0.25, 0.3) is 6.08 Å². The number of aromatic nitrogens is 2. The first-order chi connectivity index (χ1) is 10.5. The molecule has 0 spiro atoms. The van der Waals surface area contributed by atoms with Gasteiger partial charge >= 0.3 is 0 Å². The van der Waals surface area contributed by atoms with Gasteiger partial charge in [-0.15, -0.1) is 0 Å². The molecular formula is C16H22N4OS. The second kappa shape index (κ2) is 6.28. The lowest BCUT2D eigenvalue weighted by atomic mass is 10.1. The Balaban J connectivity index is 1.80. The first-order valence-corrected chi connectivity index (χ1v) is 8.67. The smallest absolute Gasteiger partial charge is 0.286 e. The zero-order valence-electron chi connectivity index (χ0n) is 13.4. The molecular weight excluding hydrogens is 296 g/mol. The summed E-state index contributed by atoms with van der Waals surface area (Å²) in [6.45, 7) is 6.25. The molecule has 118 valence electrons. The van der Waals surface area contributed by atoms with Crippen LogP contribution >= 0.6 is 11.8 Å². The Morgan fingerprint density at radius 1 is 1.27 bits per heavy atom. The van der Waals surface area contributed by atoms with E-state index in [1.165, 1.54) is 31.0 Å². The summed E-state index contributed by atoms with van der Waals surface area (Å²) in [4.78, 5) is 19.4. The summed E-state index contributed by atoms with van der Waals surface area (Å²) >= 11 is 1.50. The zero-order valence-corrected chi connectivity index (χ0v) is 14.2. The molecule has 5 nitrogen and oxygen atoms in total. The van der Waals surface area contributed by atoms with E-state index in [0.717, 1.165) is 29.5 Å². The summed E-state index contributed by atoms with van der Waals surface area (Å²) in [5, 5.41) is 5.36. The maximum absolute atomic E-state index is 12.2. The Labute approximate surface area is 135 Å². The Morgan fingerprint density at radius 3 is 2.68 bits per heavy atom. The van der Waals surface area contributed by atoms with Gasteiger partial charge in [-0.3, -0.25) is 9.48 Å². The highest BCUT2D eigenvalue weighted by Gasteiger charge is 2.27. The van der Waals surface area contributed by atoms with E-state index in [2.05, 4.69) is 28.8 Å². The minimum atomic E-state index is -0.121. The Hall–Kier alpha value is -1.56. The average Bonchev–Trinajstić information content (AvgIpc) is 3.04. The van der Waals surface area contributed by atoms with Crippen LogP contribution in [0.1, 0.15) is 50.3 Å². The van der Waals surface area contributed by atoms with E-state index < -0.39 is 0 Å². The van der Waals surface area contributed by atoms with Gasteiger partial charge in [0.1, 0.15) is 0 Å². The average molecular weight is 318 g/mol. The van der Waals surface area contributed by atoms with Gasteiger partial charge < -0.3 is 4.90 Å². The van der Waals surface area contributed by atoms with Crippen molar-refractivity contribution in [1.82, 2.24) is 14.7 Å². The molecule has 0 radical (unpaired) electrons. The van der Waals surface area contributed by atoms with Crippen LogP contribution in [-0.4, -0.2) is 38.8 Å². The lowest BCUT2D eigenvalue weighted by Gasteiger charge is -2.27. The first kappa shape index (κ1) is 15.3. The first-order valence-electron chi connectivity index (χ1n) is 7.85. The highest BCUT2D eigenvalue weighted by atomic mass is 32.2. The van der Waals surface area contributed by atoms with Crippen molar-refractivity contribution < 1.29 is 4.79 Å². The minimum absolute atomic E-state index is 0.121. The van der Waals surface area contributed by atoms with Gasteiger partial charge in [0.15, 0.2) is 5.17 Å². The van der Waals surface area contributed by atoms with Gasteiger partial charge in [0.2, 0.25) is 0 Å². The number of likely N-dealkylation sites (tertiary alicyclic amines) is 1. The summed E-state index contributed by atoms with van der Waals surface area (Å²) in [7, 11) is 1.91. The van der Waals surface area contributed by atoms with Gasteiger partial charge in [0, 0.05) is 31.9 Å².